The Kier molecular flexibility index (Phi) is 2.35. The van der Waals surface area contributed by atoms with Crippen molar-refractivity contribution in [2.75, 3.05) is 14.1 Å². The van der Waals surface area contributed by atoms with Crippen molar-refractivity contribution in [1.29, 1.82) is 0 Å². The second-order valence-corrected chi connectivity index (χ2v) is 4.11. The van der Waals surface area contributed by atoms with Crippen LogP contribution in [0.2, 0.25) is 0 Å². The van der Waals surface area contributed by atoms with Gasteiger partial charge in [0.2, 0.25) is 0 Å². The average molecular weight is 169 g/mol. The van der Waals surface area contributed by atoms with Gasteiger partial charge in [0.05, 0.1) is 0 Å². The lowest BCUT2D eigenvalue weighted by atomic mass is 9.99. The summed E-state index contributed by atoms with van der Waals surface area (Å²) in [6, 6.07) is 2.38. The highest BCUT2D eigenvalue weighted by atomic mass is 15.4. The summed E-state index contributed by atoms with van der Waals surface area (Å²) in [7, 11) is 4.23. The van der Waals surface area contributed by atoms with E-state index in [1.165, 1.54) is 25.7 Å². The minimum atomic E-state index is 0.698. The molecule has 1 unspecified atom stereocenters. The van der Waals surface area contributed by atoms with Crippen LogP contribution in [-0.2, 0) is 0 Å². The number of piperidine rings is 1. The molecule has 12 heavy (non-hydrogen) atoms. The second kappa shape index (κ2) is 3.32. The largest absolute Gasteiger partial charge is 0.300 e. The molecule has 0 radical (unpaired) electrons. The molecule has 2 heterocycles. The van der Waals surface area contributed by atoms with Gasteiger partial charge in [0.25, 0.3) is 0 Å². The molecule has 0 aromatic heterocycles. The highest BCUT2D eigenvalue weighted by molar-refractivity contribution is 4.95. The Morgan fingerprint density at radius 2 is 1.75 bits per heavy atom. The highest BCUT2D eigenvalue weighted by Gasteiger charge is 2.37. The van der Waals surface area contributed by atoms with E-state index in [-0.39, 0.29) is 0 Å². The summed E-state index contributed by atoms with van der Waals surface area (Å²) < 4.78 is 0. The van der Waals surface area contributed by atoms with E-state index in [1.807, 2.05) is 7.05 Å². The van der Waals surface area contributed by atoms with Crippen molar-refractivity contribution < 1.29 is 0 Å². The van der Waals surface area contributed by atoms with Crippen molar-refractivity contribution in [2.24, 2.45) is 0 Å². The zero-order valence-corrected chi connectivity index (χ0v) is 8.01. The zero-order valence-electron chi connectivity index (χ0n) is 8.01. The molecule has 0 aliphatic carbocycles. The van der Waals surface area contributed by atoms with E-state index in [0.717, 1.165) is 12.1 Å². The first-order valence-corrected chi connectivity index (χ1v) is 4.95. The first kappa shape index (κ1) is 8.48. The van der Waals surface area contributed by atoms with Gasteiger partial charge in [-0.25, -0.2) is 0 Å². The van der Waals surface area contributed by atoms with Crippen molar-refractivity contribution in [3.8, 4) is 0 Å². The summed E-state index contributed by atoms with van der Waals surface area (Å²) in [6.45, 7) is 0. The van der Waals surface area contributed by atoms with Gasteiger partial charge in [-0.2, -0.15) is 0 Å². The maximum atomic E-state index is 3.33. The van der Waals surface area contributed by atoms with E-state index in [2.05, 4.69) is 22.8 Å². The highest BCUT2D eigenvalue weighted by Crippen LogP contribution is 2.33. The SMILES string of the molecule is CNNC1C[C@H]2CC[C@@H](C1)N2C. The normalized spacial score (nSPS) is 42.0. The number of hydrazine groups is 1. The minimum absolute atomic E-state index is 0.698. The van der Waals surface area contributed by atoms with Crippen LogP contribution < -0.4 is 10.9 Å². The van der Waals surface area contributed by atoms with Crippen LogP contribution in [0.3, 0.4) is 0 Å². The molecule has 2 fully saturated rings. The summed E-state index contributed by atoms with van der Waals surface area (Å²) in [5.74, 6) is 0. The Labute approximate surface area is 74.5 Å². The van der Waals surface area contributed by atoms with Gasteiger partial charge in [0.1, 0.15) is 0 Å². The summed E-state index contributed by atoms with van der Waals surface area (Å²) in [6.07, 6.45) is 5.44. The molecule has 2 bridgehead atoms. The number of hydrogen-bond acceptors (Lipinski definition) is 3. The predicted octanol–water partition coefficient (Wildman–Crippen LogP) is 0.336. The van der Waals surface area contributed by atoms with E-state index in [0.29, 0.717) is 6.04 Å². The smallest absolute Gasteiger partial charge is 0.0242 e. The number of rotatable bonds is 2. The summed E-state index contributed by atoms with van der Waals surface area (Å²) >= 11 is 0. The van der Waals surface area contributed by atoms with E-state index in [1.54, 1.807) is 0 Å². The molecule has 0 saturated carbocycles. The van der Waals surface area contributed by atoms with Crippen molar-refractivity contribution in [2.45, 2.75) is 43.8 Å². The topological polar surface area (TPSA) is 27.3 Å². The van der Waals surface area contributed by atoms with Gasteiger partial charge in [-0.05, 0) is 39.8 Å². The molecule has 2 rings (SSSR count). The number of nitrogens with one attached hydrogen (secondary N) is 2. The Morgan fingerprint density at radius 1 is 1.17 bits per heavy atom. The standard InChI is InChI=1S/C9H19N3/c1-10-11-7-5-8-3-4-9(6-7)12(8)2/h7-11H,3-6H2,1-2H3/t7?,8-,9+. The molecular weight excluding hydrogens is 150 g/mol. The van der Waals surface area contributed by atoms with Gasteiger partial charge in [0.15, 0.2) is 0 Å². The third kappa shape index (κ3) is 1.37. The molecule has 2 aliphatic rings. The van der Waals surface area contributed by atoms with Gasteiger partial charge in [0, 0.05) is 18.1 Å². The first-order chi connectivity index (χ1) is 5.81. The minimum Gasteiger partial charge on any atom is -0.300 e. The quantitative estimate of drug-likeness (QED) is 0.584. The van der Waals surface area contributed by atoms with Crippen molar-refractivity contribution in [1.82, 2.24) is 15.8 Å². The van der Waals surface area contributed by atoms with Gasteiger partial charge in [-0.15, -0.1) is 0 Å². The van der Waals surface area contributed by atoms with Crippen molar-refractivity contribution >= 4 is 0 Å². The molecule has 2 saturated heterocycles. The van der Waals surface area contributed by atoms with Crippen LogP contribution >= 0.6 is 0 Å². The predicted molar refractivity (Wildman–Crippen MR) is 49.8 cm³/mol. The van der Waals surface area contributed by atoms with Crippen LogP contribution in [0.25, 0.3) is 0 Å². The number of hydrogen-bond donors (Lipinski definition) is 2. The second-order valence-electron chi connectivity index (χ2n) is 4.11. The lowest BCUT2D eigenvalue weighted by Gasteiger charge is -2.36. The summed E-state index contributed by atoms with van der Waals surface area (Å²) in [5, 5.41) is 0. The fraction of sp³-hybridized carbons (Fsp3) is 1.00. The molecule has 0 spiro atoms. The summed E-state index contributed by atoms with van der Waals surface area (Å²) in [4.78, 5) is 2.56. The van der Waals surface area contributed by atoms with Crippen molar-refractivity contribution in [3.05, 3.63) is 0 Å². The maximum absolute atomic E-state index is 3.33. The van der Waals surface area contributed by atoms with E-state index in [9.17, 15) is 0 Å². The molecule has 2 N–H and O–H groups in total. The Hall–Kier alpha value is -0.120. The van der Waals surface area contributed by atoms with Crippen LogP contribution in [0.4, 0.5) is 0 Å². The lowest BCUT2D eigenvalue weighted by Crippen LogP contribution is -2.50. The monoisotopic (exact) mass is 169 g/mol. The number of nitrogens with zero attached hydrogens (tertiary/aromatic N) is 1. The van der Waals surface area contributed by atoms with Crippen LogP contribution in [0.5, 0.6) is 0 Å². The summed E-state index contributed by atoms with van der Waals surface area (Å²) in [5.41, 5.74) is 6.38. The van der Waals surface area contributed by atoms with Crippen LogP contribution in [0, 0.1) is 0 Å². The molecular formula is C9H19N3. The third-order valence-electron chi connectivity index (χ3n) is 3.45. The number of fused-ring (bicyclic) bond motifs is 2. The van der Waals surface area contributed by atoms with Crippen LogP contribution in [0.1, 0.15) is 25.7 Å². The lowest BCUT2D eigenvalue weighted by molar-refractivity contribution is 0.143. The molecule has 3 nitrogen and oxygen atoms in total. The van der Waals surface area contributed by atoms with E-state index >= 15 is 0 Å². The van der Waals surface area contributed by atoms with Crippen LogP contribution in [-0.4, -0.2) is 37.1 Å². The molecule has 3 atom stereocenters. The van der Waals surface area contributed by atoms with E-state index in [4.69, 9.17) is 0 Å². The molecule has 0 amide bonds. The van der Waals surface area contributed by atoms with Crippen LogP contribution in [0.15, 0.2) is 0 Å². The molecule has 0 aromatic carbocycles. The first-order valence-electron chi connectivity index (χ1n) is 4.95. The van der Waals surface area contributed by atoms with Crippen molar-refractivity contribution in [3.63, 3.8) is 0 Å². The zero-order chi connectivity index (χ0) is 8.55. The fourth-order valence-corrected chi connectivity index (χ4v) is 2.73. The Balaban J connectivity index is 1.93. The van der Waals surface area contributed by atoms with E-state index < -0.39 is 0 Å². The Morgan fingerprint density at radius 3 is 2.25 bits per heavy atom. The Bertz CT molecular complexity index is 146. The van der Waals surface area contributed by atoms with Gasteiger partial charge in [-0.1, -0.05) is 0 Å². The molecule has 2 aliphatic heterocycles. The average Bonchev–Trinajstić information content (AvgIpc) is 2.33. The molecule has 3 heteroatoms. The fourth-order valence-electron chi connectivity index (χ4n) is 2.73. The van der Waals surface area contributed by atoms with Gasteiger partial charge in [-0.3, -0.25) is 10.9 Å². The third-order valence-corrected chi connectivity index (χ3v) is 3.45. The van der Waals surface area contributed by atoms with Gasteiger partial charge < -0.3 is 4.90 Å². The molecule has 0 aromatic rings. The van der Waals surface area contributed by atoms with Gasteiger partial charge >= 0.3 is 0 Å². The molecule has 70 valence electrons. The maximum Gasteiger partial charge on any atom is 0.0242 e.